The Morgan fingerprint density at radius 3 is 2.53 bits per heavy atom. The molecule has 30 heavy (non-hydrogen) atoms. The number of aromatic nitrogens is 2. The number of fused-ring (bicyclic) bond motifs is 1. The van der Waals surface area contributed by atoms with Crippen molar-refractivity contribution in [2.75, 3.05) is 5.32 Å². The van der Waals surface area contributed by atoms with E-state index in [-0.39, 0.29) is 11.6 Å². The molecule has 8 heteroatoms. The molecule has 1 amide bonds. The summed E-state index contributed by atoms with van der Waals surface area (Å²) in [5.41, 5.74) is 1.52. The molecule has 1 N–H and O–H groups in total. The van der Waals surface area contributed by atoms with Crippen molar-refractivity contribution in [1.29, 1.82) is 0 Å². The number of rotatable bonds is 4. The van der Waals surface area contributed by atoms with Crippen LogP contribution in [0.25, 0.3) is 22.2 Å². The molecule has 0 spiro atoms. The molecule has 5 nitrogen and oxygen atoms in total. The van der Waals surface area contributed by atoms with Gasteiger partial charge in [0.2, 0.25) is 5.91 Å². The first-order valence-corrected chi connectivity index (χ1v) is 9.68. The number of nitrogens with zero attached hydrogens (tertiary/aromatic N) is 2. The summed E-state index contributed by atoms with van der Waals surface area (Å²) in [6.45, 7) is -0.284. The Kier molecular flexibility index (Phi) is 5.53. The summed E-state index contributed by atoms with van der Waals surface area (Å²) >= 11 is 11.9. The van der Waals surface area contributed by atoms with Crippen LogP contribution in [0.4, 0.5) is 10.1 Å². The molecule has 3 aromatic carbocycles. The van der Waals surface area contributed by atoms with Crippen molar-refractivity contribution in [3.63, 3.8) is 0 Å². The smallest absolute Gasteiger partial charge is 0.324 e. The number of hydrogen-bond donors (Lipinski definition) is 1. The van der Waals surface area contributed by atoms with Crippen LogP contribution in [0.15, 0.2) is 71.5 Å². The monoisotopic (exact) mass is 441 g/mol. The van der Waals surface area contributed by atoms with Crippen molar-refractivity contribution < 1.29 is 9.18 Å². The Morgan fingerprint density at radius 2 is 1.80 bits per heavy atom. The summed E-state index contributed by atoms with van der Waals surface area (Å²) in [6.07, 6.45) is 0. The number of carbonyl (C=O) groups excluding carboxylic acids is 1. The molecular weight excluding hydrogens is 428 g/mol. The summed E-state index contributed by atoms with van der Waals surface area (Å²) < 4.78 is 14.6. The normalized spacial score (nSPS) is 10.9. The minimum absolute atomic E-state index is 0.112. The minimum Gasteiger partial charge on any atom is -0.324 e. The molecule has 4 rings (SSSR count). The van der Waals surface area contributed by atoms with Crippen LogP contribution in [0.3, 0.4) is 0 Å². The van der Waals surface area contributed by atoms with Gasteiger partial charge < -0.3 is 5.32 Å². The first kappa shape index (κ1) is 20.1. The number of anilines is 1. The Labute approximate surface area is 180 Å². The Hall–Kier alpha value is -3.22. The summed E-state index contributed by atoms with van der Waals surface area (Å²) in [4.78, 5) is 29.5. The first-order valence-electron chi connectivity index (χ1n) is 8.93. The Bertz CT molecular complexity index is 1320. The molecule has 4 aromatic rings. The maximum absolute atomic E-state index is 13.3. The fourth-order valence-corrected chi connectivity index (χ4v) is 3.49. The van der Waals surface area contributed by atoms with Crippen molar-refractivity contribution in [2.24, 2.45) is 0 Å². The van der Waals surface area contributed by atoms with Crippen molar-refractivity contribution in [2.45, 2.75) is 6.54 Å². The lowest BCUT2D eigenvalue weighted by atomic mass is 10.1. The van der Waals surface area contributed by atoms with Crippen LogP contribution in [-0.4, -0.2) is 15.5 Å². The highest BCUT2D eigenvalue weighted by molar-refractivity contribution is 6.31. The van der Waals surface area contributed by atoms with E-state index in [0.29, 0.717) is 27.3 Å². The lowest BCUT2D eigenvalue weighted by Crippen LogP contribution is -2.30. The molecule has 0 fully saturated rings. The predicted octanol–water partition coefficient (Wildman–Crippen LogP) is 5.15. The van der Waals surface area contributed by atoms with Crippen LogP contribution in [0.5, 0.6) is 0 Å². The van der Waals surface area contributed by atoms with Gasteiger partial charge in [-0.15, -0.1) is 0 Å². The van der Waals surface area contributed by atoms with Gasteiger partial charge in [0.25, 0.3) is 0 Å². The molecule has 0 unspecified atom stereocenters. The number of amides is 1. The van der Waals surface area contributed by atoms with E-state index in [9.17, 15) is 14.0 Å². The largest absolute Gasteiger partial charge is 0.349 e. The lowest BCUT2D eigenvalue weighted by Gasteiger charge is -2.13. The van der Waals surface area contributed by atoms with Gasteiger partial charge in [-0.05, 0) is 36.4 Å². The summed E-state index contributed by atoms with van der Waals surface area (Å²) in [5, 5.41) is 3.62. The molecule has 1 aromatic heterocycles. The van der Waals surface area contributed by atoms with E-state index in [1.165, 1.54) is 16.7 Å². The third kappa shape index (κ3) is 4.06. The van der Waals surface area contributed by atoms with Crippen LogP contribution in [-0.2, 0) is 11.3 Å². The maximum atomic E-state index is 13.3. The van der Waals surface area contributed by atoms with Gasteiger partial charge in [0, 0.05) is 21.7 Å². The van der Waals surface area contributed by atoms with Crippen LogP contribution >= 0.6 is 23.2 Å². The molecule has 150 valence electrons. The second kappa shape index (κ2) is 8.26. The van der Waals surface area contributed by atoms with Crippen LogP contribution in [0, 0.1) is 5.82 Å². The number of hydrogen-bond acceptors (Lipinski definition) is 3. The summed E-state index contributed by atoms with van der Waals surface area (Å²) in [6, 6.07) is 18.1. The van der Waals surface area contributed by atoms with Gasteiger partial charge in [-0.25, -0.2) is 9.18 Å². The third-order valence-corrected chi connectivity index (χ3v) is 5.02. The minimum atomic E-state index is -0.588. The van der Waals surface area contributed by atoms with Gasteiger partial charge in [-0.3, -0.25) is 9.36 Å². The topological polar surface area (TPSA) is 64.0 Å². The molecule has 0 saturated carbocycles. The van der Waals surface area contributed by atoms with Crippen molar-refractivity contribution >= 4 is 45.7 Å². The molecular formula is C22H14Cl2FN3O2. The zero-order valence-corrected chi connectivity index (χ0v) is 16.9. The fourth-order valence-electron chi connectivity index (χ4n) is 3.14. The molecule has 0 saturated heterocycles. The SMILES string of the molecule is O=C(Cn1c(=O)nc(-c2ccccc2)c2cc(Cl)ccc21)Nc1ccc(F)c(Cl)c1. The van der Waals surface area contributed by atoms with Gasteiger partial charge in [0.05, 0.1) is 16.2 Å². The van der Waals surface area contributed by atoms with E-state index in [1.54, 1.807) is 18.2 Å². The zero-order valence-electron chi connectivity index (χ0n) is 15.4. The molecule has 0 radical (unpaired) electrons. The van der Waals surface area contributed by atoms with E-state index >= 15 is 0 Å². The summed E-state index contributed by atoms with van der Waals surface area (Å²) in [7, 11) is 0. The summed E-state index contributed by atoms with van der Waals surface area (Å²) in [5.74, 6) is -1.07. The van der Waals surface area contributed by atoms with E-state index in [0.717, 1.165) is 11.6 Å². The number of nitrogens with one attached hydrogen (secondary N) is 1. The second-order valence-electron chi connectivity index (χ2n) is 6.53. The third-order valence-electron chi connectivity index (χ3n) is 4.50. The van der Waals surface area contributed by atoms with E-state index in [2.05, 4.69) is 10.3 Å². The lowest BCUT2D eigenvalue weighted by molar-refractivity contribution is -0.116. The molecule has 0 aliphatic rings. The highest BCUT2D eigenvalue weighted by Gasteiger charge is 2.15. The fraction of sp³-hybridized carbons (Fsp3) is 0.0455. The van der Waals surface area contributed by atoms with Gasteiger partial charge in [-0.1, -0.05) is 53.5 Å². The van der Waals surface area contributed by atoms with Gasteiger partial charge in [-0.2, -0.15) is 4.98 Å². The molecule has 0 aliphatic carbocycles. The molecule has 0 aliphatic heterocycles. The van der Waals surface area contributed by atoms with E-state index in [4.69, 9.17) is 23.2 Å². The van der Waals surface area contributed by atoms with Crippen LogP contribution < -0.4 is 11.0 Å². The molecule has 1 heterocycles. The average Bonchev–Trinajstić information content (AvgIpc) is 2.73. The predicted molar refractivity (Wildman–Crippen MR) is 116 cm³/mol. The van der Waals surface area contributed by atoms with Crippen molar-refractivity contribution in [3.8, 4) is 11.3 Å². The van der Waals surface area contributed by atoms with E-state index < -0.39 is 17.4 Å². The number of benzene rings is 3. The Balaban J connectivity index is 1.74. The second-order valence-corrected chi connectivity index (χ2v) is 7.38. The van der Waals surface area contributed by atoms with Gasteiger partial charge in [0.15, 0.2) is 0 Å². The van der Waals surface area contributed by atoms with E-state index in [1.807, 2.05) is 30.3 Å². The maximum Gasteiger partial charge on any atom is 0.349 e. The first-order chi connectivity index (χ1) is 14.4. The van der Waals surface area contributed by atoms with Crippen LogP contribution in [0.2, 0.25) is 10.0 Å². The molecule has 0 bridgehead atoms. The highest BCUT2D eigenvalue weighted by atomic mass is 35.5. The number of halogens is 3. The van der Waals surface area contributed by atoms with Crippen LogP contribution in [0.1, 0.15) is 0 Å². The quantitative estimate of drug-likeness (QED) is 0.476. The van der Waals surface area contributed by atoms with Crippen molar-refractivity contribution in [3.05, 3.63) is 93.1 Å². The standard InChI is InChI=1S/C22H14Cl2FN3O2/c23-14-6-9-19-16(10-14)21(13-4-2-1-3-5-13)27-22(30)28(19)12-20(29)26-15-7-8-18(25)17(24)11-15/h1-11H,12H2,(H,26,29). The van der Waals surface area contributed by atoms with Gasteiger partial charge >= 0.3 is 5.69 Å². The Morgan fingerprint density at radius 1 is 1.03 bits per heavy atom. The highest BCUT2D eigenvalue weighted by Crippen LogP contribution is 2.28. The molecule has 0 atom stereocenters. The zero-order chi connectivity index (χ0) is 21.3. The number of carbonyl (C=O) groups is 1. The average molecular weight is 442 g/mol. The van der Waals surface area contributed by atoms with Gasteiger partial charge in [0.1, 0.15) is 12.4 Å². The van der Waals surface area contributed by atoms with Crippen molar-refractivity contribution in [1.82, 2.24) is 9.55 Å².